The Labute approximate surface area is 108 Å². The van der Waals surface area contributed by atoms with Crippen LogP contribution in [0.1, 0.15) is 26.1 Å². The minimum atomic E-state index is -0.410. The van der Waals surface area contributed by atoms with Crippen LogP contribution in [-0.4, -0.2) is 23.3 Å². The maximum atomic E-state index is 6.35. The normalized spacial score (nSPS) is 14.9. The van der Waals surface area contributed by atoms with Gasteiger partial charge < -0.3 is 15.0 Å². The van der Waals surface area contributed by atoms with Gasteiger partial charge in [-0.3, -0.25) is 0 Å². The van der Waals surface area contributed by atoms with Crippen LogP contribution in [0.4, 0.5) is 0 Å². The van der Waals surface area contributed by atoms with Crippen LogP contribution in [0.15, 0.2) is 24.3 Å². The smallest absolute Gasteiger partial charge is 0.129 e. The molecule has 1 unspecified atom stereocenters. The molecule has 0 amide bonds. The lowest BCUT2D eigenvalue weighted by atomic mass is 9.99. The second-order valence-electron chi connectivity index (χ2n) is 4.84. The van der Waals surface area contributed by atoms with E-state index < -0.39 is 5.54 Å². The number of nitrogens with two attached hydrogens (primary N) is 1. The average Bonchev–Trinajstić information content (AvgIpc) is 2.76. The lowest BCUT2D eigenvalue weighted by molar-refractivity contribution is 0.185. The summed E-state index contributed by atoms with van der Waals surface area (Å²) in [7, 11) is 1.71. The Kier molecular flexibility index (Phi) is 3.68. The highest BCUT2D eigenvalue weighted by atomic mass is 16.5. The third-order valence-electron chi connectivity index (χ3n) is 3.42. The third kappa shape index (κ3) is 2.26. The van der Waals surface area contributed by atoms with Crippen LogP contribution >= 0.6 is 0 Å². The molecular weight excluding hydrogens is 226 g/mol. The van der Waals surface area contributed by atoms with Gasteiger partial charge in [-0.15, -0.1) is 0 Å². The van der Waals surface area contributed by atoms with Gasteiger partial charge in [0.25, 0.3) is 0 Å². The number of para-hydroxylation sites is 2. The monoisotopic (exact) mass is 247 g/mol. The van der Waals surface area contributed by atoms with E-state index in [1.54, 1.807) is 7.11 Å². The molecule has 2 aromatic rings. The van der Waals surface area contributed by atoms with Gasteiger partial charge >= 0.3 is 0 Å². The van der Waals surface area contributed by atoms with Gasteiger partial charge in [0.15, 0.2) is 0 Å². The quantitative estimate of drug-likeness (QED) is 0.881. The minimum Gasteiger partial charge on any atom is -0.383 e. The lowest BCUT2D eigenvalue weighted by Gasteiger charge is -2.23. The summed E-state index contributed by atoms with van der Waals surface area (Å²) < 4.78 is 7.34. The number of nitrogens with zero attached hydrogens (tertiary/aromatic N) is 2. The van der Waals surface area contributed by atoms with E-state index >= 15 is 0 Å². The van der Waals surface area contributed by atoms with Gasteiger partial charge in [0.05, 0.1) is 23.2 Å². The molecule has 0 radical (unpaired) electrons. The number of methoxy groups -OCH3 is 1. The standard InChI is InChI=1S/C14H21N3O/c1-4-14(2,15)13-16-11-7-5-6-8-12(11)17(13)9-10-18-3/h5-8H,4,9-10,15H2,1-3H3. The van der Waals surface area contributed by atoms with Gasteiger partial charge in [-0.1, -0.05) is 19.1 Å². The van der Waals surface area contributed by atoms with E-state index in [-0.39, 0.29) is 0 Å². The van der Waals surface area contributed by atoms with Crippen LogP contribution in [0, 0.1) is 0 Å². The van der Waals surface area contributed by atoms with Crippen LogP contribution < -0.4 is 5.73 Å². The second-order valence-corrected chi connectivity index (χ2v) is 4.84. The van der Waals surface area contributed by atoms with E-state index in [9.17, 15) is 0 Å². The van der Waals surface area contributed by atoms with Crippen molar-refractivity contribution in [3.05, 3.63) is 30.1 Å². The highest BCUT2D eigenvalue weighted by Crippen LogP contribution is 2.25. The molecule has 0 saturated carbocycles. The van der Waals surface area contributed by atoms with Gasteiger partial charge in [-0.2, -0.15) is 0 Å². The van der Waals surface area contributed by atoms with Crippen molar-refractivity contribution < 1.29 is 4.74 Å². The maximum absolute atomic E-state index is 6.35. The lowest BCUT2D eigenvalue weighted by Crippen LogP contribution is -2.35. The van der Waals surface area contributed by atoms with Gasteiger partial charge in [-0.25, -0.2) is 4.98 Å². The molecule has 0 aliphatic rings. The summed E-state index contributed by atoms with van der Waals surface area (Å²) in [6.45, 7) is 5.55. The molecule has 4 nitrogen and oxygen atoms in total. The first-order valence-corrected chi connectivity index (χ1v) is 6.33. The molecule has 1 atom stereocenters. The highest BCUT2D eigenvalue weighted by molar-refractivity contribution is 5.76. The molecule has 0 fully saturated rings. The van der Waals surface area contributed by atoms with E-state index in [1.807, 2.05) is 25.1 Å². The number of ether oxygens (including phenoxy) is 1. The summed E-state index contributed by atoms with van der Waals surface area (Å²) >= 11 is 0. The van der Waals surface area contributed by atoms with Crippen LogP contribution in [0.3, 0.4) is 0 Å². The summed E-state index contributed by atoms with van der Waals surface area (Å²) in [6, 6.07) is 8.12. The fraction of sp³-hybridized carbons (Fsp3) is 0.500. The SMILES string of the molecule is CCC(C)(N)c1nc2ccccc2n1CCOC. The Morgan fingerprint density at radius 2 is 2.11 bits per heavy atom. The predicted molar refractivity (Wildman–Crippen MR) is 73.4 cm³/mol. The van der Waals surface area contributed by atoms with Crippen molar-refractivity contribution in [2.45, 2.75) is 32.4 Å². The Balaban J connectivity index is 2.56. The van der Waals surface area contributed by atoms with Crippen molar-refractivity contribution in [3.8, 4) is 0 Å². The van der Waals surface area contributed by atoms with E-state index in [0.29, 0.717) is 6.61 Å². The molecule has 4 heteroatoms. The molecule has 1 aromatic heterocycles. The summed E-state index contributed by atoms with van der Waals surface area (Å²) in [4.78, 5) is 4.69. The molecule has 0 aliphatic heterocycles. The topological polar surface area (TPSA) is 53.1 Å². The number of hydrogen-bond acceptors (Lipinski definition) is 3. The molecule has 1 heterocycles. The predicted octanol–water partition coefficient (Wildman–Crippen LogP) is 2.27. The molecule has 0 bridgehead atoms. The van der Waals surface area contributed by atoms with Crippen LogP contribution in [0.5, 0.6) is 0 Å². The van der Waals surface area contributed by atoms with Crippen molar-refractivity contribution in [1.82, 2.24) is 9.55 Å². The molecule has 98 valence electrons. The zero-order chi connectivity index (χ0) is 13.2. The van der Waals surface area contributed by atoms with Crippen LogP contribution in [0.25, 0.3) is 11.0 Å². The molecule has 0 spiro atoms. The molecule has 2 N–H and O–H groups in total. The number of aromatic nitrogens is 2. The molecule has 18 heavy (non-hydrogen) atoms. The third-order valence-corrected chi connectivity index (χ3v) is 3.42. The summed E-state index contributed by atoms with van der Waals surface area (Å²) in [5, 5.41) is 0. The van der Waals surface area contributed by atoms with E-state index in [4.69, 9.17) is 15.5 Å². The zero-order valence-corrected chi connectivity index (χ0v) is 11.3. The molecule has 0 saturated heterocycles. The van der Waals surface area contributed by atoms with E-state index in [1.165, 1.54) is 0 Å². The summed E-state index contributed by atoms with van der Waals surface area (Å²) in [5.41, 5.74) is 8.05. The highest BCUT2D eigenvalue weighted by Gasteiger charge is 2.26. The first kappa shape index (κ1) is 13.1. The van der Waals surface area contributed by atoms with E-state index in [2.05, 4.69) is 17.6 Å². The van der Waals surface area contributed by atoms with Gasteiger partial charge in [-0.05, 0) is 25.5 Å². The largest absolute Gasteiger partial charge is 0.383 e. The van der Waals surface area contributed by atoms with E-state index in [0.717, 1.165) is 29.8 Å². The number of imidazole rings is 1. The van der Waals surface area contributed by atoms with Crippen molar-refractivity contribution >= 4 is 11.0 Å². The Morgan fingerprint density at radius 3 is 2.78 bits per heavy atom. The Hall–Kier alpha value is -1.39. The zero-order valence-electron chi connectivity index (χ0n) is 11.3. The summed E-state index contributed by atoms with van der Waals surface area (Å²) in [5.74, 6) is 0.934. The first-order chi connectivity index (χ1) is 8.60. The van der Waals surface area contributed by atoms with Gasteiger partial charge in [0, 0.05) is 13.7 Å². The second kappa shape index (κ2) is 5.08. The Morgan fingerprint density at radius 1 is 1.39 bits per heavy atom. The van der Waals surface area contributed by atoms with Crippen molar-refractivity contribution in [1.29, 1.82) is 0 Å². The number of benzene rings is 1. The van der Waals surface area contributed by atoms with Crippen LogP contribution in [-0.2, 0) is 16.8 Å². The molecule has 1 aromatic carbocycles. The molecule has 0 aliphatic carbocycles. The van der Waals surface area contributed by atoms with Gasteiger partial charge in [0.1, 0.15) is 5.82 Å². The molecule has 2 rings (SSSR count). The fourth-order valence-corrected chi connectivity index (χ4v) is 2.08. The van der Waals surface area contributed by atoms with Gasteiger partial charge in [0.2, 0.25) is 0 Å². The minimum absolute atomic E-state index is 0.410. The number of fused-ring (bicyclic) bond motifs is 1. The van der Waals surface area contributed by atoms with Crippen molar-refractivity contribution in [3.63, 3.8) is 0 Å². The first-order valence-electron chi connectivity index (χ1n) is 6.33. The summed E-state index contributed by atoms with van der Waals surface area (Å²) in [6.07, 6.45) is 0.851. The number of rotatable bonds is 5. The molecular formula is C14H21N3O. The van der Waals surface area contributed by atoms with Crippen molar-refractivity contribution in [2.24, 2.45) is 5.73 Å². The average molecular weight is 247 g/mol. The maximum Gasteiger partial charge on any atom is 0.129 e. The number of hydrogen-bond donors (Lipinski definition) is 1. The van der Waals surface area contributed by atoms with Crippen molar-refractivity contribution in [2.75, 3.05) is 13.7 Å². The van der Waals surface area contributed by atoms with Crippen LogP contribution in [0.2, 0.25) is 0 Å². The fourth-order valence-electron chi connectivity index (χ4n) is 2.08. The Bertz CT molecular complexity index is 531.